The fraction of sp³-hybridized carbons (Fsp3) is 0.375. The zero-order chi connectivity index (χ0) is 22.9. The molecule has 166 valence electrons. The first kappa shape index (κ1) is 20.8. The lowest BCUT2D eigenvalue weighted by atomic mass is 9.86. The van der Waals surface area contributed by atoms with E-state index in [1.807, 2.05) is 6.92 Å². The molecule has 3 aromatic rings. The third-order valence-electron chi connectivity index (χ3n) is 6.61. The Morgan fingerprint density at radius 3 is 2.75 bits per heavy atom. The summed E-state index contributed by atoms with van der Waals surface area (Å²) in [5.74, 6) is -1.13. The number of pyridine rings is 2. The van der Waals surface area contributed by atoms with Gasteiger partial charge in [-0.2, -0.15) is 0 Å². The summed E-state index contributed by atoms with van der Waals surface area (Å²) in [6.07, 6.45) is 0.607. The second-order valence-corrected chi connectivity index (χ2v) is 8.82. The number of fused-ring (bicyclic) bond motifs is 5. The number of nitrogens with zero attached hydrogens (tertiary/aromatic N) is 2. The standard InChI is InChI=1S/C24H24FN3O4/c1-4-24(31)17-7-20-21-15(9-28(20)22(29)16(17)10-32-23(24)30)13(6-12(3)26)14-5-11(2)18(25)8-19(14)27-21/h5,7-8,12,31H,4,6,9-10,26H2,1-3H3/t12-,24-/m0/s1. The molecular weight excluding hydrogens is 413 g/mol. The summed E-state index contributed by atoms with van der Waals surface area (Å²) in [6, 6.07) is 4.68. The molecule has 0 spiro atoms. The molecule has 7 nitrogen and oxygen atoms in total. The molecule has 0 saturated heterocycles. The van der Waals surface area contributed by atoms with Crippen molar-refractivity contribution in [3.63, 3.8) is 0 Å². The van der Waals surface area contributed by atoms with Gasteiger partial charge in [-0.3, -0.25) is 4.79 Å². The predicted molar refractivity (Wildman–Crippen MR) is 117 cm³/mol. The number of nitrogens with two attached hydrogens (primary N) is 1. The van der Waals surface area contributed by atoms with Crippen molar-refractivity contribution in [2.45, 2.75) is 58.4 Å². The Kier molecular flexibility index (Phi) is 4.51. The lowest BCUT2D eigenvalue weighted by molar-refractivity contribution is -0.172. The summed E-state index contributed by atoms with van der Waals surface area (Å²) in [5.41, 5.74) is 8.27. The Morgan fingerprint density at radius 1 is 1.31 bits per heavy atom. The zero-order valence-electron chi connectivity index (χ0n) is 18.2. The molecule has 0 saturated carbocycles. The van der Waals surface area contributed by atoms with Gasteiger partial charge in [-0.1, -0.05) is 6.92 Å². The average Bonchev–Trinajstić information content (AvgIpc) is 3.11. The Bertz CT molecular complexity index is 1380. The number of rotatable bonds is 3. The van der Waals surface area contributed by atoms with Crippen LogP contribution in [-0.2, 0) is 34.7 Å². The number of aliphatic hydroxyl groups is 1. The smallest absolute Gasteiger partial charge is 0.343 e. The van der Waals surface area contributed by atoms with Gasteiger partial charge in [0.25, 0.3) is 5.56 Å². The number of aryl methyl sites for hydroxylation is 1. The van der Waals surface area contributed by atoms with Crippen molar-refractivity contribution in [1.82, 2.24) is 9.55 Å². The van der Waals surface area contributed by atoms with Crippen molar-refractivity contribution in [2.75, 3.05) is 0 Å². The maximum absolute atomic E-state index is 14.4. The van der Waals surface area contributed by atoms with Crippen LogP contribution in [-0.4, -0.2) is 26.7 Å². The van der Waals surface area contributed by atoms with Gasteiger partial charge in [0.2, 0.25) is 0 Å². The molecule has 4 heterocycles. The monoisotopic (exact) mass is 437 g/mol. The van der Waals surface area contributed by atoms with Crippen molar-refractivity contribution in [1.29, 1.82) is 0 Å². The van der Waals surface area contributed by atoms with Crippen molar-refractivity contribution in [2.24, 2.45) is 5.73 Å². The number of esters is 1. The summed E-state index contributed by atoms with van der Waals surface area (Å²) in [5, 5.41) is 11.8. The first-order chi connectivity index (χ1) is 15.2. The summed E-state index contributed by atoms with van der Waals surface area (Å²) in [4.78, 5) is 30.4. The van der Waals surface area contributed by atoms with Gasteiger partial charge in [0, 0.05) is 28.6 Å². The second kappa shape index (κ2) is 6.95. The quantitative estimate of drug-likeness (QED) is 0.477. The van der Waals surface area contributed by atoms with E-state index < -0.39 is 11.6 Å². The first-order valence-electron chi connectivity index (χ1n) is 10.7. The van der Waals surface area contributed by atoms with E-state index in [1.54, 1.807) is 30.5 Å². The van der Waals surface area contributed by atoms with E-state index in [0.717, 1.165) is 16.5 Å². The lowest BCUT2D eigenvalue weighted by Crippen LogP contribution is -2.44. The highest BCUT2D eigenvalue weighted by atomic mass is 19.1. The predicted octanol–water partition coefficient (Wildman–Crippen LogP) is 2.42. The zero-order valence-corrected chi connectivity index (χ0v) is 18.2. The summed E-state index contributed by atoms with van der Waals surface area (Å²) >= 11 is 0. The van der Waals surface area contributed by atoms with Crippen LogP contribution in [0.3, 0.4) is 0 Å². The Balaban J connectivity index is 1.84. The third-order valence-corrected chi connectivity index (χ3v) is 6.61. The van der Waals surface area contributed by atoms with E-state index in [-0.39, 0.29) is 48.1 Å². The van der Waals surface area contributed by atoms with Crippen LogP contribution < -0.4 is 11.3 Å². The molecule has 0 fully saturated rings. The van der Waals surface area contributed by atoms with Gasteiger partial charge >= 0.3 is 5.97 Å². The highest BCUT2D eigenvalue weighted by Crippen LogP contribution is 2.40. The summed E-state index contributed by atoms with van der Waals surface area (Å²) in [6.45, 7) is 5.36. The number of hydrogen-bond acceptors (Lipinski definition) is 6. The molecule has 8 heteroatoms. The van der Waals surface area contributed by atoms with Crippen molar-refractivity contribution < 1.29 is 19.0 Å². The highest BCUT2D eigenvalue weighted by molar-refractivity contribution is 5.89. The molecule has 2 aliphatic rings. The number of benzene rings is 1. The fourth-order valence-electron chi connectivity index (χ4n) is 4.85. The van der Waals surface area contributed by atoms with E-state index in [4.69, 9.17) is 15.5 Å². The first-order valence-corrected chi connectivity index (χ1v) is 10.7. The SMILES string of the molecule is CC[C@@]1(O)C(=O)OCc2c1cc1n(c2=O)Cc2c-1nc1cc(F)c(C)cc1c2C[C@H](C)N. The summed E-state index contributed by atoms with van der Waals surface area (Å²) < 4.78 is 21.1. The van der Waals surface area contributed by atoms with Gasteiger partial charge in [-0.05, 0) is 49.9 Å². The maximum atomic E-state index is 14.4. The average molecular weight is 437 g/mol. The van der Waals surface area contributed by atoms with E-state index in [9.17, 15) is 19.1 Å². The number of aromatic nitrogens is 2. The second-order valence-electron chi connectivity index (χ2n) is 8.82. The van der Waals surface area contributed by atoms with Crippen molar-refractivity contribution in [3.8, 4) is 11.4 Å². The van der Waals surface area contributed by atoms with Gasteiger partial charge in [0.05, 0.1) is 29.0 Å². The van der Waals surface area contributed by atoms with Crippen molar-refractivity contribution >= 4 is 16.9 Å². The number of cyclic esters (lactones) is 1. The molecule has 2 aliphatic heterocycles. The van der Waals surface area contributed by atoms with E-state index in [2.05, 4.69) is 0 Å². The fourth-order valence-corrected chi connectivity index (χ4v) is 4.85. The van der Waals surface area contributed by atoms with Crippen molar-refractivity contribution in [3.05, 3.63) is 62.2 Å². The number of carbonyl (C=O) groups excluding carboxylic acids is 1. The minimum Gasteiger partial charge on any atom is -0.458 e. The summed E-state index contributed by atoms with van der Waals surface area (Å²) in [7, 11) is 0. The topological polar surface area (TPSA) is 107 Å². The van der Waals surface area contributed by atoms with E-state index >= 15 is 0 Å². The third kappa shape index (κ3) is 2.76. The highest BCUT2D eigenvalue weighted by Gasteiger charge is 2.45. The molecular formula is C24H24FN3O4. The van der Waals surface area contributed by atoms with Gasteiger partial charge in [-0.15, -0.1) is 0 Å². The molecule has 32 heavy (non-hydrogen) atoms. The molecule has 2 aromatic heterocycles. The molecule has 0 bridgehead atoms. The van der Waals surface area contributed by atoms with Crippen LogP contribution in [0.2, 0.25) is 0 Å². The van der Waals surface area contributed by atoms with Crippen LogP contribution in [0.25, 0.3) is 22.3 Å². The number of halogens is 1. The molecule has 0 aliphatic carbocycles. The Labute approximate surface area is 183 Å². The molecule has 3 N–H and O–H groups in total. The van der Waals surface area contributed by atoms with Crippen LogP contribution in [0, 0.1) is 12.7 Å². The molecule has 1 aromatic carbocycles. The minimum absolute atomic E-state index is 0.0696. The Morgan fingerprint density at radius 2 is 2.06 bits per heavy atom. The number of carbonyl (C=O) groups is 1. The van der Waals surface area contributed by atoms with Gasteiger partial charge in [-0.25, -0.2) is 14.2 Å². The van der Waals surface area contributed by atoms with Gasteiger partial charge < -0.3 is 20.1 Å². The maximum Gasteiger partial charge on any atom is 0.343 e. The largest absolute Gasteiger partial charge is 0.458 e. The molecule has 5 rings (SSSR count). The molecule has 0 amide bonds. The van der Waals surface area contributed by atoms with E-state index in [1.165, 1.54) is 6.07 Å². The van der Waals surface area contributed by atoms with Gasteiger partial charge in [0.1, 0.15) is 12.4 Å². The van der Waals surface area contributed by atoms with Crippen LogP contribution >= 0.6 is 0 Å². The van der Waals surface area contributed by atoms with Crippen LogP contribution in [0.1, 0.15) is 48.1 Å². The minimum atomic E-state index is -1.89. The van der Waals surface area contributed by atoms with Crippen LogP contribution in [0.15, 0.2) is 23.0 Å². The van der Waals surface area contributed by atoms with Crippen LogP contribution in [0.5, 0.6) is 0 Å². The Hall–Kier alpha value is -3.10. The van der Waals surface area contributed by atoms with Crippen LogP contribution in [0.4, 0.5) is 4.39 Å². The van der Waals surface area contributed by atoms with Gasteiger partial charge in [0.15, 0.2) is 5.60 Å². The molecule has 0 unspecified atom stereocenters. The molecule has 0 radical (unpaired) electrons. The van der Waals surface area contributed by atoms with E-state index in [0.29, 0.717) is 28.9 Å². The number of hydrogen-bond donors (Lipinski definition) is 2. The normalized spacial score (nSPS) is 20.0. The lowest BCUT2D eigenvalue weighted by Gasteiger charge is -2.31. The molecule has 2 atom stereocenters. The number of ether oxygens (including phenoxy) is 1.